The molecule has 0 aromatic carbocycles. The number of amidine groups is 1. The number of nitrogens with two attached hydrogens (primary N) is 1. The second kappa shape index (κ2) is 1.58. The van der Waals surface area contributed by atoms with Crippen LogP contribution >= 0.6 is 10.9 Å². The van der Waals surface area contributed by atoms with Crippen LogP contribution in [0.5, 0.6) is 0 Å². The van der Waals surface area contributed by atoms with Gasteiger partial charge in [0.25, 0.3) is 0 Å². The summed E-state index contributed by atoms with van der Waals surface area (Å²) in [5, 5.41) is 2.82. The van der Waals surface area contributed by atoms with Crippen LogP contribution in [0, 0.1) is 0 Å². The standard InChI is InChI=1S/C4H8N2S/c1-7-3-2-6-4(7)5/h2-3,7H,1H3,(H2,5,6). The van der Waals surface area contributed by atoms with Gasteiger partial charge in [-0.1, -0.05) is 0 Å². The van der Waals surface area contributed by atoms with Crippen LogP contribution in [0.4, 0.5) is 0 Å². The van der Waals surface area contributed by atoms with Crippen LogP contribution in [0.3, 0.4) is 0 Å². The van der Waals surface area contributed by atoms with Gasteiger partial charge in [0.1, 0.15) is 5.17 Å². The van der Waals surface area contributed by atoms with Gasteiger partial charge in [0, 0.05) is 6.20 Å². The Kier molecular flexibility index (Phi) is 1.06. The van der Waals surface area contributed by atoms with E-state index in [2.05, 4.69) is 11.2 Å². The van der Waals surface area contributed by atoms with Gasteiger partial charge in [-0.2, -0.15) is 10.9 Å². The number of rotatable bonds is 0. The highest BCUT2D eigenvalue weighted by molar-refractivity contribution is 8.31. The minimum Gasteiger partial charge on any atom is -0.379 e. The van der Waals surface area contributed by atoms with E-state index in [0.717, 1.165) is 5.17 Å². The van der Waals surface area contributed by atoms with Crippen LogP contribution in [-0.2, 0) is 0 Å². The Morgan fingerprint density at radius 3 is 2.71 bits per heavy atom. The van der Waals surface area contributed by atoms with E-state index in [-0.39, 0.29) is 10.9 Å². The molecule has 1 atom stereocenters. The summed E-state index contributed by atoms with van der Waals surface area (Å²) in [6, 6.07) is 0. The van der Waals surface area contributed by atoms with E-state index in [0.29, 0.717) is 0 Å². The third-order valence-electron chi connectivity index (χ3n) is 0.858. The Morgan fingerprint density at radius 1 is 1.86 bits per heavy atom. The van der Waals surface area contributed by atoms with Crippen molar-refractivity contribution in [2.24, 2.45) is 10.7 Å². The molecule has 0 saturated heterocycles. The van der Waals surface area contributed by atoms with E-state index < -0.39 is 0 Å². The Balaban J connectivity index is 2.69. The first-order chi connectivity index (χ1) is 3.30. The van der Waals surface area contributed by atoms with Gasteiger partial charge >= 0.3 is 0 Å². The first-order valence-corrected chi connectivity index (χ1v) is 3.89. The average Bonchev–Trinajstić information content (AvgIpc) is 1.91. The summed E-state index contributed by atoms with van der Waals surface area (Å²) in [6.45, 7) is 0. The van der Waals surface area contributed by atoms with Crippen LogP contribution in [0.1, 0.15) is 0 Å². The smallest absolute Gasteiger partial charge is 0.141 e. The van der Waals surface area contributed by atoms with Gasteiger partial charge in [-0.05, 0) is 11.7 Å². The molecule has 0 spiro atoms. The quantitative estimate of drug-likeness (QED) is 0.442. The molecule has 2 nitrogen and oxygen atoms in total. The number of hydrogen-bond donors (Lipinski definition) is 2. The van der Waals surface area contributed by atoms with Crippen molar-refractivity contribution in [1.29, 1.82) is 0 Å². The molecule has 1 aliphatic heterocycles. The zero-order chi connectivity index (χ0) is 5.28. The lowest BCUT2D eigenvalue weighted by Crippen LogP contribution is -2.06. The molecule has 1 unspecified atom stereocenters. The van der Waals surface area contributed by atoms with Crippen molar-refractivity contribution < 1.29 is 0 Å². The number of aliphatic imine (C=N–C) groups is 1. The van der Waals surface area contributed by atoms with Gasteiger partial charge in [-0.15, -0.1) is 0 Å². The summed E-state index contributed by atoms with van der Waals surface area (Å²) < 4.78 is 0. The lowest BCUT2D eigenvalue weighted by molar-refractivity contribution is 1.58. The van der Waals surface area contributed by atoms with E-state index in [9.17, 15) is 0 Å². The summed E-state index contributed by atoms with van der Waals surface area (Å²) >= 11 is 0. The van der Waals surface area contributed by atoms with Crippen molar-refractivity contribution in [3.63, 3.8) is 0 Å². The predicted molar refractivity (Wildman–Crippen MR) is 35.7 cm³/mol. The van der Waals surface area contributed by atoms with Gasteiger partial charge in [-0.25, -0.2) is 4.99 Å². The molecular weight excluding hydrogens is 108 g/mol. The molecule has 1 rings (SSSR count). The fourth-order valence-corrected chi connectivity index (χ4v) is 1.05. The van der Waals surface area contributed by atoms with Gasteiger partial charge in [0.2, 0.25) is 0 Å². The van der Waals surface area contributed by atoms with Crippen LogP contribution in [0.2, 0.25) is 0 Å². The lowest BCUT2D eigenvalue weighted by Gasteiger charge is -2.00. The Hall–Kier alpha value is -0.440. The largest absolute Gasteiger partial charge is 0.379 e. The minimum atomic E-state index is -0.179. The second-order valence-corrected chi connectivity index (χ2v) is 3.37. The van der Waals surface area contributed by atoms with Crippen molar-refractivity contribution in [3.8, 4) is 0 Å². The number of nitrogens with zero attached hydrogens (tertiary/aromatic N) is 1. The highest BCUT2D eigenvalue weighted by Crippen LogP contribution is 2.25. The number of thiol groups is 1. The highest BCUT2D eigenvalue weighted by atomic mass is 32.2. The Labute approximate surface area is 45.5 Å². The zero-order valence-corrected chi connectivity index (χ0v) is 5.02. The molecule has 1 aliphatic rings. The molecule has 0 amide bonds. The summed E-state index contributed by atoms with van der Waals surface area (Å²) in [7, 11) is -0.179. The van der Waals surface area contributed by atoms with Gasteiger partial charge < -0.3 is 5.73 Å². The average molecular weight is 116 g/mol. The molecule has 0 aliphatic carbocycles. The summed E-state index contributed by atoms with van der Waals surface area (Å²) in [4.78, 5) is 3.86. The van der Waals surface area contributed by atoms with E-state index in [1.807, 2.05) is 5.41 Å². The third kappa shape index (κ3) is 0.771. The van der Waals surface area contributed by atoms with Crippen molar-refractivity contribution in [3.05, 3.63) is 11.6 Å². The fourth-order valence-electron chi connectivity index (χ4n) is 0.377. The maximum atomic E-state index is 5.39. The highest BCUT2D eigenvalue weighted by Gasteiger charge is 1.99. The Bertz CT molecular complexity index is 128. The molecule has 40 valence electrons. The van der Waals surface area contributed by atoms with Crippen molar-refractivity contribution in [2.45, 2.75) is 0 Å². The van der Waals surface area contributed by atoms with Gasteiger partial charge in [0.05, 0.1) is 0 Å². The van der Waals surface area contributed by atoms with E-state index in [1.165, 1.54) is 0 Å². The molecule has 1 heterocycles. The lowest BCUT2D eigenvalue weighted by atomic mass is 11.0. The SMILES string of the molecule is C[SH]1C=CN=C1N. The van der Waals surface area contributed by atoms with Crippen LogP contribution in [-0.4, -0.2) is 11.4 Å². The topological polar surface area (TPSA) is 38.4 Å². The fraction of sp³-hybridized carbons (Fsp3) is 0.250. The molecule has 7 heavy (non-hydrogen) atoms. The number of hydrogen-bond acceptors (Lipinski definition) is 2. The van der Waals surface area contributed by atoms with E-state index in [4.69, 9.17) is 5.73 Å². The first kappa shape index (κ1) is 4.71. The molecule has 0 fully saturated rings. The van der Waals surface area contributed by atoms with Crippen LogP contribution < -0.4 is 5.73 Å². The maximum absolute atomic E-state index is 5.39. The Morgan fingerprint density at radius 2 is 2.57 bits per heavy atom. The summed E-state index contributed by atoms with van der Waals surface area (Å²) in [5.74, 6) is 0. The molecule has 0 radical (unpaired) electrons. The van der Waals surface area contributed by atoms with Gasteiger partial charge in [0.15, 0.2) is 0 Å². The van der Waals surface area contributed by atoms with E-state index >= 15 is 0 Å². The molecule has 2 N–H and O–H groups in total. The van der Waals surface area contributed by atoms with Crippen LogP contribution in [0.15, 0.2) is 16.6 Å². The van der Waals surface area contributed by atoms with Gasteiger partial charge in [-0.3, -0.25) is 0 Å². The predicted octanol–water partition coefficient (Wildman–Crippen LogP) is 0.417. The molecule has 0 aromatic heterocycles. The first-order valence-electron chi connectivity index (χ1n) is 2.03. The molecular formula is C4H8N2S. The van der Waals surface area contributed by atoms with Crippen molar-refractivity contribution >= 4 is 16.1 Å². The zero-order valence-electron chi connectivity index (χ0n) is 4.13. The minimum absolute atomic E-state index is 0.179. The maximum Gasteiger partial charge on any atom is 0.141 e. The van der Waals surface area contributed by atoms with E-state index in [1.54, 1.807) is 6.20 Å². The van der Waals surface area contributed by atoms with Crippen LogP contribution in [0.25, 0.3) is 0 Å². The normalized spacial score (nSPS) is 33.3. The molecule has 0 bridgehead atoms. The van der Waals surface area contributed by atoms with Crippen molar-refractivity contribution in [2.75, 3.05) is 6.26 Å². The molecule has 0 saturated carbocycles. The van der Waals surface area contributed by atoms with Crippen molar-refractivity contribution in [1.82, 2.24) is 0 Å². The molecule has 0 aromatic rings. The third-order valence-corrected chi connectivity index (χ3v) is 2.28. The monoisotopic (exact) mass is 116 g/mol. The molecule has 3 heteroatoms. The summed E-state index contributed by atoms with van der Waals surface area (Å²) in [5.41, 5.74) is 5.39. The summed E-state index contributed by atoms with van der Waals surface area (Å²) in [6.07, 6.45) is 3.85. The second-order valence-electron chi connectivity index (χ2n) is 1.40.